The maximum absolute atomic E-state index is 5.98. The average Bonchev–Trinajstić information content (AvgIpc) is 2.40. The Hall–Kier alpha value is -0.260. The summed E-state index contributed by atoms with van der Waals surface area (Å²) in [5, 5.41) is 2.52. The van der Waals surface area contributed by atoms with Gasteiger partial charge < -0.3 is 0 Å². The number of hydrogen-bond acceptors (Lipinski definition) is 2. The Morgan fingerprint density at radius 3 is 1.17 bits per heavy atom. The number of rotatable bonds is 3. The van der Waals surface area contributed by atoms with E-state index in [9.17, 15) is 0 Å². The molecule has 2 rings (SSSR count). The molecule has 0 aliphatic rings. The second-order valence-electron chi connectivity index (χ2n) is 4.43. The Morgan fingerprint density at radius 1 is 0.611 bits per heavy atom. The molecule has 2 atom stereocenters. The second kappa shape index (κ2) is 5.39. The lowest BCUT2D eigenvalue weighted by atomic mass is 10.4. The van der Waals surface area contributed by atoms with Crippen molar-refractivity contribution in [1.82, 2.24) is 0 Å². The van der Waals surface area contributed by atoms with E-state index >= 15 is 0 Å². The van der Waals surface area contributed by atoms with Gasteiger partial charge in [0.2, 0.25) is 0 Å². The molecular formula is C14H16P2S2. The van der Waals surface area contributed by atoms with Gasteiger partial charge in [-0.15, -0.1) is 0 Å². The van der Waals surface area contributed by atoms with Crippen molar-refractivity contribution in [1.29, 1.82) is 0 Å². The van der Waals surface area contributed by atoms with Gasteiger partial charge in [-0.1, -0.05) is 84.3 Å². The van der Waals surface area contributed by atoms with E-state index in [2.05, 4.69) is 61.9 Å². The Labute approximate surface area is 119 Å². The van der Waals surface area contributed by atoms with Gasteiger partial charge in [0.25, 0.3) is 0 Å². The first kappa shape index (κ1) is 14.2. The minimum atomic E-state index is -1.71. The zero-order valence-electron chi connectivity index (χ0n) is 10.5. The highest BCUT2D eigenvalue weighted by atomic mass is 32.8. The summed E-state index contributed by atoms with van der Waals surface area (Å²) in [6, 6.07) is 20.8. The predicted molar refractivity (Wildman–Crippen MR) is 92.6 cm³/mol. The van der Waals surface area contributed by atoms with Crippen molar-refractivity contribution < 1.29 is 0 Å². The fourth-order valence-corrected chi connectivity index (χ4v) is 10.1. The van der Waals surface area contributed by atoms with E-state index in [-0.39, 0.29) is 0 Å². The summed E-state index contributed by atoms with van der Waals surface area (Å²) in [6.45, 7) is 4.40. The van der Waals surface area contributed by atoms with Crippen LogP contribution in [-0.4, -0.2) is 13.3 Å². The molecule has 0 saturated carbocycles. The molecule has 0 saturated heterocycles. The molecule has 0 fully saturated rings. The summed E-state index contributed by atoms with van der Waals surface area (Å²) in [5.41, 5.74) is -3.42. The lowest BCUT2D eigenvalue weighted by Gasteiger charge is -2.29. The summed E-state index contributed by atoms with van der Waals surface area (Å²) < 4.78 is 0. The first-order valence-electron chi connectivity index (χ1n) is 5.73. The third-order valence-corrected chi connectivity index (χ3v) is 21.0. The van der Waals surface area contributed by atoms with Gasteiger partial charge in [-0.3, -0.25) is 0 Å². The summed E-state index contributed by atoms with van der Waals surface area (Å²) in [6.07, 6.45) is 0. The Morgan fingerprint density at radius 2 is 0.889 bits per heavy atom. The van der Waals surface area contributed by atoms with Crippen LogP contribution in [0.3, 0.4) is 0 Å². The monoisotopic (exact) mass is 310 g/mol. The molecule has 0 N–H and O–H groups in total. The first-order valence-corrected chi connectivity index (χ1v) is 12.9. The van der Waals surface area contributed by atoms with Crippen LogP contribution in [0.25, 0.3) is 0 Å². The van der Waals surface area contributed by atoms with Crippen molar-refractivity contribution in [3.8, 4) is 0 Å². The smallest absolute Gasteiger partial charge is 0.0148 e. The van der Waals surface area contributed by atoms with E-state index < -0.39 is 11.5 Å². The standard InChI is InChI=1S/C14H16P2S2/c1-15(17,13-9-5-3-6-10-13)16(2,18)14-11-7-4-8-12-14/h3-12H,1-2H3/t15-,16-/m1/s1. The summed E-state index contributed by atoms with van der Waals surface area (Å²) >= 11 is 12.0. The Bertz CT molecular complexity index is 563. The third-order valence-electron chi connectivity index (χ3n) is 3.20. The quantitative estimate of drug-likeness (QED) is 0.792. The molecule has 0 aliphatic heterocycles. The number of benzene rings is 2. The van der Waals surface area contributed by atoms with Crippen LogP contribution in [0.2, 0.25) is 0 Å². The summed E-state index contributed by atoms with van der Waals surface area (Å²) in [7, 11) is 0. The fourth-order valence-electron chi connectivity index (χ4n) is 1.85. The van der Waals surface area contributed by atoms with Crippen molar-refractivity contribution in [3.63, 3.8) is 0 Å². The van der Waals surface area contributed by atoms with Crippen LogP contribution >= 0.6 is 11.5 Å². The van der Waals surface area contributed by atoms with Crippen molar-refractivity contribution in [3.05, 3.63) is 60.7 Å². The van der Waals surface area contributed by atoms with E-state index in [1.54, 1.807) is 0 Å². The van der Waals surface area contributed by atoms with Crippen molar-refractivity contribution in [2.24, 2.45) is 0 Å². The highest BCUT2D eigenvalue weighted by Crippen LogP contribution is 2.76. The van der Waals surface area contributed by atoms with Crippen LogP contribution in [0.15, 0.2) is 60.7 Å². The van der Waals surface area contributed by atoms with Crippen LogP contribution in [0, 0.1) is 0 Å². The van der Waals surface area contributed by atoms with Crippen LogP contribution in [0.5, 0.6) is 0 Å². The SMILES string of the molecule is C[P@@](=S)(c1ccccc1)[P@](C)(=S)c1ccccc1. The van der Waals surface area contributed by atoms with Crippen molar-refractivity contribution in [2.45, 2.75) is 0 Å². The summed E-state index contributed by atoms with van der Waals surface area (Å²) in [5.74, 6) is 0. The molecule has 0 spiro atoms. The molecule has 94 valence electrons. The van der Waals surface area contributed by atoms with Gasteiger partial charge in [0.15, 0.2) is 0 Å². The molecule has 4 heteroatoms. The normalized spacial score (nSPS) is 17.7. The van der Waals surface area contributed by atoms with Crippen LogP contribution in [0.1, 0.15) is 0 Å². The highest BCUT2D eigenvalue weighted by molar-refractivity contribution is 8.70. The zero-order chi connectivity index (χ0) is 13.2. The largest absolute Gasteiger partial charge is 0.0869 e. The van der Waals surface area contributed by atoms with Gasteiger partial charge in [-0.05, 0) is 23.9 Å². The Kier molecular flexibility index (Phi) is 4.24. The molecule has 0 unspecified atom stereocenters. The first-order chi connectivity index (χ1) is 8.46. The van der Waals surface area contributed by atoms with E-state index in [1.807, 2.05) is 12.1 Å². The molecule has 0 heterocycles. The highest BCUT2D eigenvalue weighted by Gasteiger charge is 2.29. The maximum Gasteiger partial charge on any atom is 0.0148 e. The van der Waals surface area contributed by atoms with Gasteiger partial charge in [0, 0.05) is 11.5 Å². The van der Waals surface area contributed by atoms with Gasteiger partial charge in [-0.25, -0.2) is 0 Å². The van der Waals surface area contributed by atoms with Gasteiger partial charge in [0.1, 0.15) is 0 Å². The van der Waals surface area contributed by atoms with Crippen LogP contribution < -0.4 is 10.6 Å². The van der Waals surface area contributed by atoms with E-state index in [4.69, 9.17) is 23.6 Å². The predicted octanol–water partition coefficient (Wildman–Crippen LogP) is 3.77. The molecule has 2 aromatic rings. The zero-order valence-corrected chi connectivity index (χ0v) is 13.9. The minimum Gasteiger partial charge on any atom is -0.0869 e. The van der Waals surface area contributed by atoms with E-state index in [0.29, 0.717) is 0 Å². The lowest BCUT2D eigenvalue weighted by molar-refractivity contribution is 1.77. The van der Waals surface area contributed by atoms with Crippen LogP contribution in [-0.2, 0) is 23.6 Å². The van der Waals surface area contributed by atoms with Crippen LogP contribution in [0.4, 0.5) is 0 Å². The molecule has 0 aromatic heterocycles. The number of hydrogen-bond donors (Lipinski definition) is 0. The molecule has 0 amide bonds. The molecule has 0 radical (unpaired) electrons. The molecule has 18 heavy (non-hydrogen) atoms. The molecule has 2 aromatic carbocycles. The van der Waals surface area contributed by atoms with E-state index in [0.717, 1.165) is 0 Å². The molecule has 0 nitrogen and oxygen atoms in total. The maximum atomic E-state index is 5.98. The van der Waals surface area contributed by atoms with Crippen molar-refractivity contribution in [2.75, 3.05) is 13.3 Å². The van der Waals surface area contributed by atoms with Crippen molar-refractivity contribution >= 4 is 45.7 Å². The Balaban J connectivity index is 2.55. The lowest BCUT2D eigenvalue weighted by Crippen LogP contribution is -2.10. The fraction of sp³-hybridized carbons (Fsp3) is 0.143. The third kappa shape index (κ3) is 2.53. The molecular weight excluding hydrogens is 294 g/mol. The topological polar surface area (TPSA) is 0 Å². The van der Waals surface area contributed by atoms with Gasteiger partial charge in [0.05, 0.1) is 0 Å². The van der Waals surface area contributed by atoms with Gasteiger partial charge in [-0.2, -0.15) is 0 Å². The minimum absolute atomic E-state index is 1.26. The van der Waals surface area contributed by atoms with Gasteiger partial charge >= 0.3 is 0 Å². The summed E-state index contributed by atoms with van der Waals surface area (Å²) in [4.78, 5) is 0. The average molecular weight is 310 g/mol. The van der Waals surface area contributed by atoms with E-state index in [1.165, 1.54) is 10.6 Å². The second-order valence-corrected chi connectivity index (χ2v) is 19.8. The molecule has 0 aliphatic carbocycles. The molecule has 0 bridgehead atoms.